The number of nitrogens with one attached hydrogen (secondary N) is 4. The molecule has 5 aromatic carbocycles. The van der Waals surface area contributed by atoms with Crippen LogP contribution >= 0.6 is 47.1 Å². The molecule has 0 radical (unpaired) electrons. The van der Waals surface area contributed by atoms with E-state index in [1.54, 1.807) is 54.2 Å². The normalized spacial score (nSPS) is 18.4. The highest BCUT2D eigenvalue weighted by atomic mass is 35.5. The van der Waals surface area contributed by atoms with Gasteiger partial charge < -0.3 is 34.4 Å². The number of hydrogen-bond donors (Lipinski definition) is 4. The van der Waals surface area contributed by atoms with Gasteiger partial charge in [-0.1, -0.05) is 67.4 Å². The van der Waals surface area contributed by atoms with E-state index in [1.807, 2.05) is 54.6 Å². The topological polar surface area (TPSA) is 166 Å². The number of rotatable bonds is 27. The van der Waals surface area contributed by atoms with Gasteiger partial charge in [-0.25, -0.2) is 0 Å². The first-order valence-corrected chi connectivity index (χ1v) is 33.2. The molecule has 23 heteroatoms. The summed E-state index contributed by atoms with van der Waals surface area (Å²) in [4.78, 5) is 62.0. The highest BCUT2D eigenvalue weighted by molar-refractivity contribution is 8.00. The van der Waals surface area contributed by atoms with Crippen LogP contribution in [0.2, 0.25) is 5.02 Å². The molecule has 3 fully saturated rings. The van der Waals surface area contributed by atoms with Gasteiger partial charge in [0.15, 0.2) is 5.58 Å². The number of ether oxygens (including phenoxy) is 2. The lowest BCUT2D eigenvalue weighted by atomic mass is 9.73. The van der Waals surface area contributed by atoms with Gasteiger partial charge in [-0.3, -0.25) is 39.0 Å². The van der Waals surface area contributed by atoms with E-state index in [0.717, 1.165) is 124 Å². The Morgan fingerprint density at radius 1 is 0.784 bits per heavy atom. The Morgan fingerprint density at radius 2 is 1.50 bits per heavy atom. The van der Waals surface area contributed by atoms with Crippen LogP contribution in [-0.2, 0) is 19.1 Å². The van der Waals surface area contributed by atoms with Gasteiger partial charge in [0.2, 0.25) is 5.91 Å². The van der Waals surface area contributed by atoms with Crippen LogP contribution in [0.3, 0.4) is 0 Å². The Kier molecular flexibility index (Phi) is 22.7. The van der Waals surface area contributed by atoms with E-state index >= 15 is 0 Å². The number of aromatic nitrogens is 1. The second-order valence-electron chi connectivity index (χ2n) is 23.4. The van der Waals surface area contributed by atoms with Gasteiger partial charge in [0.05, 0.1) is 32.1 Å². The Hall–Kier alpha value is -5.95. The molecule has 0 bridgehead atoms. The molecule has 1 aromatic heterocycles. The Balaban J connectivity index is 0.650. The number of piperidine rings is 1. The van der Waals surface area contributed by atoms with Gasteiger partial charge in [-0.2, -0.15) is 17.9 Å². The molecular formula is C65H77ClF3N9O7S3. The number of halogens is 4. The molecule has 3 saturated heterocycles. The van der Waals surface area contributed by atoms with Gasteiger partial charge in [-0.15, -0.1) is 11.8 Å². The lowest BCUT2D eigenvalue weighted by molar-refractivity contribution is -0.137. The van der Waals surface area contributed by atoms with E-state index in [0.29, 0.717) is 77.9 Å². The number of amides is 3. The molecule has 2 atom stereocenters. The maximum atomic E-state index is 14.2. The highest BCUT2D eigenvalue weighted by Gasteiger charge is 2.34. The highest BCUT2D eigenvalue weighted by Crippen LogP contribution is 2.44. The molecule has 4 N–H and O–H groups in total. The SMILES string of the molecule is CC1(C)CCC(c2ccc(Cl)cc2)=C(CN2CCN(c3ccc(C(=O)NSc4ccc(NC(CCN5CCN(CCOCCOCCNc6cccc7on(C8CCC(=O)NC8=O)c(=O)c67)CC5)CSc5ccccc5)c(SC(F)(F)F)c4)cc3)CC2)C1. The molecule has 4 heterocycles. The number of carbonyl (C=O) groups is 3. The Labute approximate surface area is 530 Å². The second kappa shape index (κ2) is 30.7. The van der Waals surface area contributed by atoms with Crippen LogP contribution in [0.15, 0.2) is 145 Å². The summed E-state index contributed by atoms with van der Waals surface area (Å²) < 4.78 is 64.0. The third-order valence-electron chi connectivity index (χ3n) is 16.5. The van der Waals surface area contributed by atoms with Crippen molar-refractivity contribution in [3.63, 3.8) is 0 Å². The van der Waals surface area contributed by atoms with Crippen molar-refractivity contribution in [2.75, 3.05) is 126 Å². The standard InChI is InChI=1S/C65H77ClF3N9O7S3/c1-64(2)25-23-53(45-11-15-48(66)16-12-45)47(42-64)43-76-32-34-77(35-33-76)50-17-13-46(14-18-50)61(80)73-88-52-19-20-54(58(41-52)87-65(67,68)69)71-49(44-86-51-7-4-3-5-8-51)24-27-74-28-30-75(31-29-74)36-38-84-40-39-83-37-26-70-55-9-6-10-57-60(55)63(82)78(85-57)56-21-22-59(79)72-62(56)81/h3-20,41,49,56,70-71H,21-40,42-44H2,1-2H3,(H,73,80)(H,72,79,81). The van der Waals surface area contributed by atoms with Crippen molar-refractivity contribution < 1.29 is 41.6 Å². The van der Waals surface area contributed by atoms with Crippen LogP contribution in [0.25, 0.3) is 16.5 Å². The number of carbonyl (C=O) groups excluding carboxylic acids is 3. The van der Waals surface area contributed by atoms with Gasteiger partial charge in [-0.05, 0) is 151 Å². The predicted octanol–water partition coefficient (Wildman–Crippen LogP) is 11.8. The van der Waals surface area contributed by atoms with Crippen molar-refractivity contribution in [2.24, 2.45) is 5.41 Å². The van der Waals surface area contributed by atoms with Crippen molar-refractivity contribution in [3.8, 4) is 0 Å². The van der Waals surface area contributed by atoms with Crippen LogP contribution in [0.4, 0.5) is 30.2 Å². The number of imide groups is 1. The summed E-state index contributed by atoms with van der Waals surface area (Å²) in [5.41, 5.74) is 2.31. The van der Waals surface area contributed by atoms with Gasteiger partial charge in [0.25, 0.3) is 17.4 Å². The maximum absolute atomic E-state index is 14.2. The zero-order valence-corrected chi connectivity index (χ0v) is 52.9. The lowest BCUT2D eigenvalue weighted by Gasteiger charge is -2.39. The van der Waals surface area contributed by atoms with Gasteiger partial charge in [0.1, 0.15) is 11.4 Å². The Morgan fingerprint density at radius 3 is 2.23 bits per heavy atom. The zero-order valence-electron chi connectivity index (χ0n) is 49.7. The van der Waals surface area contributed by atoms with Crippen LogP contribution in [0.1, 0.15) is 74.3 Å². The minimum atomic E-state index is -4.53. The molecule has 4 aliphatic rings. The summed E-state index contributed by atoms with van der Waals surface area (Å²) in [5.74, 6) is -0.624. The number of fused-ring (bicyclic) bond motifs is 1. The molecule has 470 valence electrons. The summed E-state index contributed by atoms with van der Waals surface area (Å²) in [5, 5.41) is 10.1. The van der Waals surface area contributed by atoms with Crippen LogP contribution in [0.5, 0.6) is 0 Å². The number of piperazine rings is 2. The summed E-state index contributed by atoms with van der Waals surface area (Å²) in [6.45, 7) is 16.4. The molecule has 3 amide bonds. The number of allylic oxidation sites excluding steroid dienone is 1. The maximum Gasteiger partial charge on any atom is 0.446 e. The van der Waals surface area contributed by atoms with E-state index < -0.39 is 23.0 Å². The minimum Gasteiger partial charge on any atom is -0.382 e. The van der Waals surface area contributed by atoms with Crippen LogP contribution in [0, 0.1) is 5.41 Å². The van der Waals surface area contributed by atoms with Crippen LogP contribution < -0.4 is 31.1 Å². The molecule has 10 rings (SSSR count). The van der Waals surface area contributed by atoms with Crippen molar-refractivity contribution in [3.05, 3.63) is 147 Å². The van der Waals surface area contributed by atoms with Crippen molar-refractivity contribution in [1.29, 1.82) is 0 Å². The second-order valence-corrected chi connectivity index (χ2v) is 27.0. The average molecular weight is 1290 g/mol. The molecule has 0 saturated carbocycles. The first-order chi connectivity index (χ1) is 42.5. The van der Waals surface area contributed by atoms with Crippen LogP contribution in [-0.4, -0.2) is 159 Å². The lowest BCUT2D eigenvalue weighted by Crippen LogP contribution is -2.48. The summed E-state index contributed by atoms with van der Waals surface area (Å²) >= 11 is 8.75. The molecule has 88 heavy (non-hydrogen) atoms. The largest absolute Gasteiger partial charge is 0.446 e. The molecule has 0 spiro atoms. The first kappa shape index (κ1) is 65.0. The number of thioether (sulfide) groups is 2. The molecular weight excluding hydrogens is 1210 g/mol. The molecule has 6 aromatic rings. The number of benzene rings is 5. The Bertz CT molecular complexity index is 3410. The van der Waals surface area contributed by atoms with Gasteiger partial charge in [0, 0.05) is 133 Å². The third-order valence-corrected chi connectivity index (χ3v) is 19.5. The van der Waals surface area contributed by atoms with E-state index in [4.69, 9.17) is 25.6 Å². The van der Waals surface area contributed by atoms with E-state index in [9.17, 15) is 32.3 Å². The fraction of sp³-hybridized carbons (Fsp3) is 0.446. The van der Waals surface area contributed by atoms with E-state index in [1.165, 1.54) is 22.8 Å². The summed E-state index contributed by atoms with van der Waals surface area (Å²) in [7, 11) is 0. The van der Waals surface area contributed by atoms with Crippen molar-refractivity contribution >= 4 is 98.4 Å². The fourth-order valence-corrected chi connectivity index (χ4v) is 14.2. The summed E-state index contributed by atoms with van der Waals surface area (Å²) in [6, 6.07) is 34.9. The number of hydrogen-bond acceptors (Lipinski definition) is 16. The monoisotopic (exact) mass is 1280 g/mol. The molecule has 3 aliphatic heterocycles. The average Bonchev–Trinajstić information content (AvgIpc) is 2.50. The first-order valence-electron chi connectivity index (χ1n) is 30.2. The minimum absolute atomic E-state index is 0.0369. The molecule has 16 nitrogen and oxygen atoms in total. The van der Waals surface area contributed by atoms with Crippen molar-refractivity contribution in [1.82, 2.24) is 29.5 Å². The predicted molar refractivity (Wildman–Crippen MR) is 347 cm³/mol. The smallest absolute Gasteiger partial charge is 0.382 e. The molecule has 1 aliphatic carbocycles. The number of anilines is 3. The number of nitrogens with zero attached hydrogens (tertiary/aromatic N) is 5. The van der Waals surface area contributed by atoms with E-state index in [-0.39, 0.29) is 52.8 Å². The quantitative estimate of drug-likeness (QED) is 0.0166. The fourth-order valence-electron chi connectivity index (χ4n) is 11.7. The number of alkyl halides is 3. The van der Waals surface area contributed by atoms with Gasteiger partial charge >= 0.3 is 5.51 Å². The van der Waals surface area contributed by atoms with Crippen molar-refractivity contribution in [2.45, 2.75) is 84.7 Å². The summed E-state index contributed by atoms with van der Waals surface area (Å²) in [6.07, 6.45) is 4.32. The molecule has 2 unspecified atom stereocenters. The zero-order chi connectivity index (χ0) is 61.6. The third kappa shape index (κ3) is 18.4. The van der Waals surface area contributed by atoms with E-state index in [2.05, 4.69) is 66.3 Å².